The average molecular weight is 308 g/mol. The maximum atomic E-state index is 6.09. The van der Waals surface area contributed by atoms with E-state index in [1.165, 1.54) is 18.4 Å². The summed E-state index contributed by atoms with van der Waals surface area (Å²) in [6.07, 6.45) is 5.82. The predicted molar refractivity (Wildman–Crippen MR) is 96.2 cm³/mol. The first-order valence-electron chi connectivity index (χ1n) is 8.22. The molecule has 1 heterocycles. The molecule has 0 unspecified atom stereocenters. The fourth-order valence-corrected chi connectivity index (χ4v) is 2.81. The Kier molecular flexibility index (Phi) is 6.10. The summed E-state index contributed by atoms with van der Waals surface area (Å²) in [6.45, 7) is 17.7. The molecular formula is C17H33BO2Si. The monoisotopic (exact) mass is 308 g/mol. The molecular weight excluding hydrogens is 275 g/mol. The summed E-state index contributed by atoms with van der Waals surface area (Å²) in [5.74, 6) is 2.17. The van der Waals surface area contributed by atoms with Gasteiger partial charge in [-0.3, -0.25) is 0 Å². The van der Waals surface area contributed by atoms with Gasteiger partial charge in [0.15, 0.2) is 0 Å². The van der Waals surface area contributed by atoms with Crippen LogP contribution in [-0.4, -0.2) is 26.4 Å². The molecule has 0 spiro atoms. The zero-order valence-corrected chi connectivity index (χ0v) is 16.2. The van der Waals surface area contributed by atoms with Crippen molar-refractivity contribution in [3.8, 4) is 0 Å². The Morgan fingerprint density at radius 3 is 2.00 bits per heavy atom. The van der Waals surface area contributed by atoms with Crippen LogP contribution >= 0.6 is 0 Å². The summed E-state index contributed by atoms with van der Waals surface area (Å²) in [5, 5.41) is 0. The van der Waals surface area contributed by atoms with Crippen LogP contribution in [-0.2, 0) is 9.31 Å². The first-order valence-corrected chi connectivity index (χ1v) is 11.8. The van der Waals surface area contributed by atoms with Crippen molar-refractivity contribution in [2.75, 3.05) is 0 Å². The minimum atomic E-state index is -1.17. The third-order valence-electron chi connectivity index (χ3n) is 4.24. The van der Waals surface area contributed by atoms with Crippen LogP contribution in [0.3, 0.4) is 0 Å². The molecule has 1 aliphatic heterocycles. The highest BCUT2D eigenvalue weighted by Gasteiger charge is 2.50. The zero-order valence-electron chi connectivity index (χ0n) is 15.2. The highest BCUT2D eigenvalue weighted by Crippen LogP contribution is 2.37. The van der Waals surface area contributed by atoms with Gasteiger partial charge in [0.1, 0.15) is 0 Å². The van der Waals surface area contributed by atoms with Gasteiger partial charge in [0, 0.05) is 0 Å². The molecule has 1 aliphatic rings. The molecule has 0 amide bonds. The van der Waals surface area contributed by atoms with Crippen LogP contribution in [0.2, 0.25) is 19.6 Å². The Bertz CT molecular complexity index is 390. The Morgan fingerprint density at radius 1 is 1.05 bits per heavy atom. The molecule has 1 saturated heterocycles. The van der Waals surface area contributed by atoms with Crippen LogP contribution in [0.15, 0.2) is 23.3 Å². The van der Waals surface area contributed by atoms with Crippen molar-refractivity contribution in [2.45, 2.75) is 84.7 Å². The molecule has 2 nitrogen and oxygen atoms in total. The molecule has 0 aliphatic carbocycles. The third kappa shape index (κ3) is 5.76. The van der Waals surface area contributed by atoms with Gasteiger partial charge in [-0.15, -0.1) is 0 Å². The standard InChI is InChI=1S/C17H33BO2Si/c1-9-10-11-15(12-13-21(6,7)8)14-18-19-16(2,3)17(4,5)20-18/h12-14H,9-11H2,1-8H3/b13-12+,15-14-. The van der Waals surface area contributed by atoms with E-state index in [0.717, 1.165) is 6.42 Å². The second-order valence-corrected chi connectivity index (χ2v) is 13.2. The smallest absolute Gasteiger partial charge is 0.400 e. The number of rotatable bonds is 6. The van der Waals surface area contributed by atoms with Gasteiger partial charge >= 0.3 is 7.12 Å². The lowest BCUT2D eigenvalue weighted by molar-refractivity contribution is 0.00578. The Hall–Kier alpha value is -0.318. The van der Waals surface area contributed by atoms with Crippen molar-refractivity contribution in [1.82, 2.24) is 0 Å². The average Bonchev–Trinajstić information content (AvgIpc) is 2.50. The van der Waals surface area contributed by atoms with E-state index in [9.17, 15) is 0 Å². The molecule has 1 rings (SSSR count). The van der Waals surface area contributed by atoms with E-state index in [0.29, 0.717) is 0 Å². The molecule has 120 valence electrons. The van der Waals surface area contributed by atoms with Crippen molar-refractivity contribution in [1.29, 1.82) is 0 Å². The van der Waals surface area contributed by atoms with Gasteiger partial charge in [0.25, 0.3) is 0 Å². The lowest BCUT2D eigenvalue weighted by Gasteiger charge is -2.32. The summed E-state index contributed by atoms with van der Waals surface area (Å²) < 4.78 is 12.2. The third-order valence-corrected chi connectivity index (χ3v) is 5.40. The highest BCUT2D eigenvalue weighted by molar-refractivity contribution is 6.81. The fourth-order valence-electron chi connectivity index (χ4n) is 2.09. The van der Waals surface area contributed by atoms with Gasteiger partial charge in [0.05, 0.1) is 19.3 Å². The molecule has 21 heavy (non-hydrogen) atoms. The summed E-state index contributed by atoms with van der Waals surface area (Å²) in [5.41, 5.74) is 3.23. The van der Waals surface area contributed by atoms with Crippen LogP contribution in [0.25, 0.3) is 0 Å². The van der Waals surface area contributed by atoms with E-state index in [1.54, 1.807) is 0 Å². The number of hydrogen-bond acceptors (Lipinski definition) is 2. The van der Waals surface area contributed by atoms with Crippen LogP contribution in [0.1, 0.15) is 53.9 Å². The van der Waals surface area contributed by atoms with E-state index in [2.05, 4.69) is 72.0 Å². The summed E-state index contributed by atoms with van der Waals surface area (Å²) >= 11 is 0. The van der Waals surface area contributed by atoms with Gasteiger partial charge in [-0.05, 0) is 40.5 Å². The Morgan fingerprint density at radius 2 is 1.57 bits per heavy atom. The maximum absolute atomic E-state index is 6.09. The number of unbranched alkanes of at least 4 members (excludes halogenated alkanes) is 1. The maximum Gasteiger partial charge on any atom is 0.487 e. The first-order chi connectivity index (χ1) is 9.47. The first kappa shape index (κ1) is 18.7. The summed E-state index contributed by atoms with van der Waals surface area (Å²) in [6, 6.07) is 0. The number of hydrogen-bond donors (Lipinski definition) is 0. The van der Waals surface area contributed by atoms with Crippen molar-refractivity contribution < 1.29 is 9.31 Å². The van der Waals surface area contributed by atoms with Crippen LogP contribution in [0, 0.1) is 0 Å². The van der Waals surface area contributed by atoms with Crippen LogP contribution in [0.4, 0.5) is 0 Å². The minimum Gasteiger partial charge on any atom is -0.400 e. The molecule has 4 heteroatoms. The van der Waals surface area contributed by atoms with E-state index in [4.69, 9.17) is 9.31 Å². The predicted octanol–water partition coefficient (Wildman–Crippen LogP) is 5.17. The molecule has 0 bridgehead atoms. The van der Waals surface area contributed by atoms with Crippen molar-refractivity contribution in [3.05, 3.63) is 23.3 Å². The lowest BCUT2D eigenvalue weighted by atomic mass is 9.85. The largest absolute Gasteiger partial charge is 0.487 e. The summed E-state index contributed by atoms with van der Waals surface area (Å²) in [4.78, 5) is 0. The number of allylic oxidation sites excluding steroid dienone is 2. The van der Waals surface area contributed by atoms with E-state index in [-0.39, 0.29) is 18.3 Å². The lowest BCUT2D eigenvalue weighted by Crippen LogP contribution is -2.41. The Balaban J connectivity index is 2.87. The van der Waals surface area contributed by atoms with Crippen molar-refractivity contribution in [3.63, 3.8) is 0 Å². The molecule has 0 atom stereocenters. The molecule has 1 fully saturated rings. The van der Waals surface area contributed by atoms with Crippen molar-refractivity contribution >= 4 is 15.2 Å². The van der Waals surface area contributed by atoms with Gasteiger partial charge in [-0.1, -0.05) is 56.3 Å². The molecule has 0 saturated carbocycles. The van der Waals surface area contributed by atoms with Gasteiger partial charge < -0.3 is 9.31 Å². The molecule has 0 aromatic heterocycles. The SMILES string of the molecule is CCCCC(=C/B1OC(C)(C)C(C)(C)O1)/C=C/[Si](C)(C)C. The fraction of sp³-hybridized carbons (Fsp3) is 0.765. The van der Waals surface area contributed by atoms with Gasteiger partial charge in [-0.25, -0.2) is 0 Å². The van der Waals surface area contributed by atoms with E-state index in [1.807, 2.05) is 0 Å². The normalized spacial score (nSPS) is 22.3. The second kappa shape index (κ2) is 6.84. The Labute approximate surface area is 133 Å². The summed E-state index contributed by atoms with van der Waals surface area (Å²) in [7, 11) is -1.40. The van der Waals surface area contributed by atoms with Crippen LogP contribution in [0.5, 0.6) is 0 Å². The van der Waals surface area contributed by atoms with Gasteiger partial charge in [-0.2, -0.15) is 0 Å². The van der Waals surface area contributed by atoms with Gasteiger partial charge in [0.2, 0.25) is 0 Å². The second-order valence-electron chi connectivity index (χ2n) is 8.17. The molecule has 0 radical (unpaired) electrons. The zero-order chi connectivity index (χ0) is 16.3. The van der Waals surface area contributed by atoms with E-state index >= 15 is 0 Å². The molecule has 0 N–H and O–H groups in total. The molecule has 0 aromatic rings. The van der Waals surface area contributed by atoms with Crippen LogP contribution < -0.4 is 0 Å². The van der Waals surface area contributed by atoms with Crippen molar-refractivity contribution in [2.24, 2.45) is 0 Å². The topological polar surface area (TPSA) is 18.5 Å². The molecule has 0 aromatic carbocycles. The highest BCUT2D eigenvalue weighted by atomic mass is 28.3. The quantitative estimate of drug-likeness (QED) is 0.498. The van der Waals surface area contributed by atoms with E-state index < -0.39 is 8.07 Å². The minimum absolute atomic E-state index is 0.229.